The first-order valence-corrected chi connectivity index (χ1v) is 6.47. The van der Waals surface area contributed by atoms with Gasteiger partial charge < -0.3 is 11.1 Å². The van der Waals surface area contributed by atoms with E-state index in [4.69, 9.17) is 23.1 Å². The van der Waals surface area contributed by atoms with Crippen molar-refractivity contribution >= 4 is 33.1 Å². The van der Waals surface area contributed by atoms with E-state index in [0.717, 1.165) is 0 Å². The second-order valence-electron chi connectivity index (χ2n) is 3.02. The Morgan fingerprint density at radius 1 is 1.53 bits per heavy atom. The minimum Gasteiger partial charge on any atom is -0.393 e. The van der Waals surface area contributed by atoms with Crippen molar-refractivity contribution in [2.75, 3.05) is 12.3 Å². The van der Waals surface area contributed by atoms with E-state index in [1.165, 1.54) is 0 Å². The Bertz CT molecular complexity index is 339. The summed E-state index contributed by atoms with van der Waals surface area (Å²) in [5.41, 5.74) is 5.33. The summed E-state index contributed by atoms with van der Waals surface area (Å²) in [4.78, 5) is 11.5. The zero-order valence-corrected chi connectivity index (χ0v) is 10.0. The maximum Gasteiger partial charge on any atom is 0.229 e. The van der Waals surface area contributed by atoms with Gasteiger partial charge in [0, 0.05) is 6.54 Å². The zero-order chi connectivity index (χ0) is 12.1. The van der Waals surface area contributed by atoms with E-state index in [0.29, 0.717) is 6.42 Å². The third kappa shape index (κ3) is 6.37. The summed E-state index contributed by atoms with van der Waals surface area (Å²) in [6, 6.07) is 0. The smallest absolute Gasteiger partial charge is 0.229 e. The number of rotatable bonds is 6. The van der Waals surface area contributed by atoms with Gasteiger partial charge in [-0.2, -0.15) is 0 Å². The lowest BCUT2D eigenvalue weighted by Gasteiger charge is -2.12. The Hall–Kier alpha value is -0.730. The average molecular weight is 253 g/mol. The molecule has 0 saturated heterocycles. The standard InChI is InChI=1S/C7H15N3O3S2/c1-2-5(6(8)14)7(11)10-3-4-15(9,12)13/h5H,2-4H2,1H3,(H2,8,14)(H,10,11)(H2,9,12,13). The maximum atomic E-state index is 11.4. The van der Waals surface area contributed by atoms with Crippen LogP contribution in [0.3, 0.4) is 0 Å². The van der Waals surface area contributed by atoms with Gasteiger partial charge in [0.2, 0.25) is 15.9 Å². The molecule has 0 heterocycles. The molecule has 6 nitrogen and oxygen atoms in total. The number of amides is 1. The van der Waals surface area contributed by atoms with Crippen molar-refractivity contribution in [1.82, 2.24) is 5.32 Å². The molecule has 0 aliphatic carbocycles. The van der Waals surface area contributed by atoms with Gasteiger partial charge in [-0.25, -0.2) is 13.6 Å². The molecule has 0 bridgehead atoms. The van der Waals surface area contributed by atoms with E-state index in [1.807, 2.05) is 0 Å². The molecule has 15 heavy (non-hydrogen) atoms. The summed E-state index contributed by atoms with van der Waals surface area (Å²) >= 11 is 4.69. The number of sulfonamides is 1. The lowest BCUT2D eigenvalue weighted by molar-refractivity contribution is -0.122. The Balaban J connectivity index is 4.09. The van der Waals surface area contributed by atoms with Crippen LogP contribution in [0.1, 0.15) is 13.3 Å². The number of nitrogens with two attached hydrogens (primary N) is 2. The molecule has 0 rings (SSSR count). The highest BCUT2D eigenvalue weighted by Crippen LogP contribution is 2.02. The fourth-order valence-electron chi connectivity index (χ4n) is 0.955. The van der Waals surface area contributed by atoms with E-state index in [2.05, 4.69) is 5.32 Å². The summed E-state index contributed by atoms with van der Waals surface area (Å²) in [5.74, 6) is -1.22. The van der Waals surface area contributed by atoms with Gasteiger partial charge in [0.15, 0.2) is 0 Å². The molecule has 0 fully saturated rings. The number of carbonyl (C=O) groups is 1. The van der Waals surface area contributed by atoms with Crippen molar-refractivity contribution < 1.29 is 13.2 Å². The molecule has 0 saturated carbocycles. The largest absolute Gasteiger partial charge is 0.393 e. The zero-order valence-electron chi connectivity index (χ0n) is 8.39. The number of primary sulfonamides is 1. The van der Waals surface area contributed by atoms with E-state index in [-0.39, 0.29) is 23.2 Å². The normalized spacial score (nSPS) is 13.2. The van der Waals surface area contributed by atoms with Crippen molar-refractivity contribution in [3.05, 3.63) is 0 Å². The molecule has 88 valence electrons. The molecule has 8 heteroatoms. The predicted octanol–water partition coefficient (Wildman–Crippen LogP) is -1.30. The van der Waals surface area contributed by atoms with Crippen LogP contribution in [0.4, 0.5) is 0 Å². The van der Waals surface area contributed by atoms with E-state index in [1.54, 1.807) is 6.92 Å². The van der Waals surface area contributed by atoms with Crippen LogP contribution in [-0.4, -0.2) is 31.6 Å². The number of hydrogen-bond donors (Lipinski definition) is 3. The summed E-state index contributed by atoms with van der Waals surface area (Å²) in [5, 5.41) is 7.17. The number of carbonyl (C=O) groups excluding carboxylic acids is 1. The first kappa shape index (κ1) is 14.3. The van der Waals surface area contributed by atoms with Crippen LogP contribution in [0.2, 0.25) is 0 Å². The Kier molecular flexibility index (Phi) is 5.69. The molecule has 1 unspecified atom stereocenters. The molecule has 5 N–H and O–H groups in total. The molecular formula is C7H15N3O3S2. The highest BCUT2D eigenvalue weighted by Gasteiger charge is 2.18. The molecule has 1 amide bonds. The van der Waals surface area contributed by atoms with Gasteiger partial charge in [-0.1, -0.05) is 19.1 Å². The number of thiocarbonyl (C=S) groups is 1. The highest BCUT2D eigenvalue weighted by atomic mass is 32.2. The van der Waals surface area contributed by atoms with Gasteiger partial charge in [0.05, 0.1) is 16.7 Å². The molecule has 0 aromatic carbocycles. The monoisotopic (exact) mass is 253 g/mol. The van der Waals surface area contributed by atoms with Gasteiger partial charge in [-0.15, -0.1) is 0 Å². The SMILES string of the molecule is CCC(C(=O)NCCS(N)(=O)=O)C(N)=S. The minimum absolute atomic E-state index is 0.0310. The number of hydrogen-bond acceptors (Lipinski definition) is 4. The van der Waals surface area contributed by atoms with E-state index >= 15 is 0 Å². The van der Waals surface area contributed by atoms with Crippen LogP contribution in [0.25, 0.3) is 0 Å². The summed E-state index contributed by atoms with van der Waals surface area (Å²) < 4.78 is 21.1. The first-order chi connectivity index (χ1) is 6.78. The van der Waals surface area contributed by atoms with Crippen molar-refractivity contribution in [3.8, 4) is 0 Å². The van der Waals surface area contributed by atoms with Crippen LogP contribution < -0.4 is 16.2 Å². The molecule has 0 aromatic rings. The lowest BCUT2D eigenvalue weighted by atomic mass is 10.1. The minimum atomic E-state index is -3.55. The van der Waals surface area contributed by atoms with Crippen LogP contribution in [0.5, 0.6) is 0 Å². The third-order valence-electron chi connectivity index (χ3n) is 1.75. The summed E-state index contributed by atoms with van der Waals surface area (Å²) in [7, 11) is -3.55. The molecule has 0 aliphatic rings. The van der Waals surface area contributed by atoms with Crippen LogP contribution >= 0.6 is 12.2 Å². The average Bonchev–Trinajstić information content (AvgIpc) is 2.01. The molecule has 0 aromatic heterocycles. The fourth-order valence-corrected chi connectivity index (χ4v) is 1.62. The van der Waals surface area contributed by atoms with Crippen molar-refractivity contribution in [1.29, 1.82) is 0 Å². The quantitative estimate of drug-likeness (QED) is 0.509. The molecule has 0 aliphatic heterocycles. The molecule has 0 radical (unpaired) electrons. The van der Waals surface area contributed by atoms with E-state index < -0.39 is 15.9 Å². The fraction of sp³-hybridized carbons (Fsp3) is 0.714. The molecule has 1 atom stereocenters. The van der Waals surface area contributed by atoms with Gasteiger partial charge in [-0.05, 0) is 6.42 Å². The van der Waals surface area contributed by atoms with E-state index in [9.17, 15) is 13.2 Å². The molecule has 0 spiro atoms. The Morgan fingerprint density at radius 2 is 2.07 bits per heavy atom. The first-order valence-electron chi connectivity index (χ1n) is 4.35. The van der Waals surface area contributed by atoms with Gasteiger partial charge in [0.1, 0.15) is 0 Å². The topological polar surface area (TPSA) is 115 Å². The second-order valence-corrected chi connectivity index (χ2v) is 5.23. The van der Waals surface area contributed by atoms with Crippen LogP contribution in [0, 0.1) is 5.92 Å². The molecular weight excluding hydrogens is 238 g/mol. The van der Waals surface area contributed by atoms with Gasteiger partial charge in [0.25, 0.3) is 0 Å². The summed E-state index contributed by atoms with van der Waals surface area (Å²) in [6.07, 6.45) is 0.483. The van der Waals surface area contributed by atoms with Crippen LogP contribution in [0.15, 0.2) is 0 Å². The van der Waals surface area contributed by atoms with Crippen molar-refractivity contribution in [3.63, 3.8) is 0 Å². The number of nitrogens with one attached hydrogen (secondary N) is 1. The van der Waals surface area contributed by atoms with Crippen LogP contribution in [-0.2, 0) is 14.8 Å². The maximum absolute atomic E-state index is 11.4. The highest BCUT2D eigenvalue weighted by molar-refractivity contribution is 7.89. The second kappa shape index (κ2) is 5.99. The van der Waals surface area contributed by atoms with Crippen molar-refractivity contribution in [2.24, 2.45) is 16.8 Å². The predicted molar refractivity (Wildman–Crippen MR) is 61.6 cm³/mol. The lowest BCUT2D eigenvalue weighted by Crippen LogP contribution is -2.40. The summed E-state index contributed by atoms with van der Waals surface area (Å²) in [6.45, 7) is 1.74. The Labute approximate surface area is 94.4 Å². The van der Waals surface area contributed by atoms with Crippen molar-refractivity contribution in [2.45, 2.75) is 13.3 Å². The van der Waals surface area contributed by atoms with Gasteiger partial charge >= 0.3 is 0 Å². The third-order valence-corrected chi connectivity index (χ3v) is 2.81. The van der Waals surface area contributed by atoms with Gasteiger partial charge in [-0.3, -0.25) is 4.79 Å². The Morgan fingerprint density at radius 3 is 2.40 bits per heavy atom.